The van der Waals surface area contributed by atoms with Crippen LogP contribution in [0.1, 0.15) is 26.0 Å². The first kappa shape index (κ1) is 14.7. The van der Waals surface area contributed by atoms with Crippen molar-refractivity contribution in [3.63, 3.8) is 0 Å². The highest BCUT2D eigenvalue weighted by molar-refractivity contribution is 5.77. The lowest BCUT2D eigenvalue weighted by molar-refractivity contribution is -0.122. The van der Waals surface area contributed by atoms with Gasteiger partial charge in [-0.05, 0) is 26.0 Å². The number of amides is 1. The molecule has 1 saturated heterocycles. The first-order valence-electron chi connectivity index (χ1n) is 7.53. The maximum atomic E-state index is 11.7. The van der Waals surface area contributed by atoms with E-state index in [4.69, 9.17) is 0 Å². The van der Waals surface area contributed by atoms with Crippen molar-refractivity contribution in [3.8, 4) is 5.69 Å². The number of hydrogen-bond donors (Lipinski definition) is 1. The highest BCUT2D eigenvalue weighted by Gasteiger charge is 2.32. The van der Waals surface area contributed by atoms with E-state index >= 15 is 0 Å². The highest BCUT2D eigenvalue weighted by atomic mass is 16.1. The molecule has 1 fully saturated rings. The fourth-order valence-electron chi connectivity index (χ4n) is 2.74. The van der Waals surface area contributed by atoms with E-state index in [1.54, 1.807) is 11.0 Å². The van der Waals surface area contributed by atoms with Crippen molar-refractivity contribution in [3.05, 3.63) is 42.2 Å². The average molecular weight is 299 g/mol. The maximum absolute atomic E-state index is 11.7. The first-order valence-corrected chi connectivity index (χ1v) is 7.53. The number of nitrogens with zero attached hydrogens (tertiary/aromatic N) is 4. The predicted molar refractivity (Wildman–Crippen MR) is 83.5 cm³/mol. The molecule has 22 heavy (non-hydrogen) atoms. The molecule has 2 heterocycles. The fraction of sp³-hybridized carbons (Fsp3) is 0.438. The van der Waals surface area contributed by atoms with E-state index in [1.165, 1.54) is 0 Å². The van der Waals surface area contributed by atoms with Crippen LogP contribution in [0.15, 0.2) is 36.5 Å². The summed E-state index contributed by atoms with van der Waals surface area (Å²) < 4.78 is 0. The summed E-state index contributed by atoms with van der Waals surface area (Å²) in [6.07, 6.45) is 2.29. The van der Waals surface area contributed by atoms with Crippen LogP contribution in [-0.4, -0.2) is 44.4 Å². The van der Waals surface area contributed by atoms with Gasteiger partial charge in [0.05, 0.1) is 17.6 Å². The monoisotopic (exact) mass is 299 g/mol. The molecule has 0 bridgehead atoms. The molecule has 0 unspecified atom stereocenters. The molecule has 1 amide bonds. The zero-order valence-corrected chi connectivity index (χ0v) is 13.0. The summed E-state index contributed by atoms with van der Waals surface area (Å²) >= 11 is 0. The molecule has 0 radical (unpaired) electrons. The van der Waals surface area contributed by atoms with Gasteiger partial charge in [0.25, 0.3) is 0 Å². The lowest BCUT2D eigenvalue weighted by Gasteiger charge is -2.35. The lowest BCUT2D eigenvalue weighted by atomic mass is 9.98. The Morgan fingerprint density at radius 1 is 1.27 bits per heavy atom. The molecule has 0 aliphatic carbocycles. The molecule has 1 aliphatic rings. The molecule has 0 saturated carbocycles. The molecular weight excluding hydrogens is 278 g/mol. The number of aromatic nitrogens is 3. The van der Waals surface area contributed by atoms with Crippen LogP contribution in [0.3, 0.4) is 0 Å². The van der Waals surface area contributed by atoms with Gasteiger partial charge in [0.15, 0.2) is 0 Å². The Morgan fingerprint density at radius 3 is 2.82 bits per heavy atom. The summed E-state index contributed by atoms with van der Waals surface area (Å²) in [5.74, 6) is 0.112. The zero-order chi connectivity index (χ0) is 15.6. The van der Waals surface area contributed by atoms with Gasteiger partial charge in [0, 0.05) is 31.6 Å². The Bertz CT molecular complexity index is 650. The summed E-state index contributed by atoms with van der Waals surface area (Å²) in [4.78, 5) is 15.6. The van der Waals surface area contributed by atoms with Gasteiger partial charge in [0.2, 0.25) is 5.91 Å². The van der Waals surface area contributed by atoms with Gasteiger partial charge in [-0.1, -0.05) is 18.2 Å². The second-order valence-corrected chi connectivity index (χ2v) is 6.22. The number of para-hydroxylation sites is 1. The topological polar surface area (TPSA) is 63.1 Å². The third-order valence-corrected chi connectivity index (χ3v) is 4.03. The Kier molecular flexibility index (Phi) is 3.94. The van der Waals surface area contributed by atoms with Crippen LogP contribution in [0.25, 0.3) is 5.69 Å². The Morgan fingerprint density at radius 2 is 2.05 bits per heavy atom. The maximum Gasteiger partial charge on any atom is 0.221 e. The van der Waals surface area contributed by atoms with E-state index in [-0.39, 0.29) is 11.4 Å². The molecule has 116 valence electrons. The van der Waals surface area contributed by atoms with Crippen molar-refractivity contribution in [1.29, 1.82) is 0 Å². The van der Waals surface area contributed by atoms with Gasteiger partial charge in [-0.15, -0.1) is 0 Å². The highest BCUT2D eigenvalue weighted by Crippen LogP contribution is 2.22. The van der Waals surface area contributed by atoms with E-state index in [0.717, 1.165) is 17.9 Å². The lowest BCUT2D eigenvalue weighted by Crippen LogP contribution is -2.44. The largest absolute Gasteiger partial charge is 0.355 e. The minimum absolute atomic E-state index is 0.112. The molecule has 0 atom stereocenters. The third-order valence-electron chi connectivity index (χ3n) is 4.03. The van der Waals surface area contributed by atoms with E-state index in [1.807, 2.05) is 30.3 Å². The second kappa shape index (κ2) is 5.88. The van der Waals surface area contributed by atoms with Crippen molar-refractivity contribution in [2.45, 2.75) is 32.4 Å². The number of rotatable bonds is 3. The summed E-state index contributed by atoms with van der Waals surface area (Å²) in [7, 11) is 0. The van der Waals surface area contributed by atoms with Crippen LogP contribution >= 0.6 is 0 Å². The van der Waals surface area contributed by atoms with Crippen LogP contribution in [0.2, 0.25) is 0 Å². The van der Waals surface area contributed by atoms with Gasteiger partial charge in [-0.2, -0.15) is 15.0 Å². The fourth-order valence-corrected chi connectivity index (χ4v) is 2.74. The number of nitrogens with one attached hydrogen (secondary N) is 1. The minimum atomic E-state index is -0.183. The minimum Gasteiger partial charge on any atom is -0.355 e. The van der Waals surface area contributed by atoms with Crippen LogP contribution in [0.4, 0.5) is 0 Å². The summed E-state index contributed by atoms with van der Waals surface area (Å²) in [6, 6.07) is 9.85. The number of carbonyl (C=O) groups excluding carboxylic acids is 1. The van der Waals surface area contributed by atoms with E-state index in [2.05, 4.69) is 34.3 Å². The summed E-state index contributed by atoms with van der Waals surface area (Å²) in [6.45, 7) is 6.37. The number of hydrogen-bond acceptors (Lipinski definition) is 4. The predicted octanol–water partition coefficient (Wildman–Crippen LogP) is 1.37. The summed E-state index contributed by atoms with van der Waals surface area (Å²) in [5, 5.41) is 11.8. The second-order valence-electron chi connectivity index (χ2n) is 6.22. The number of benzene rings is 1. The molecule has 2 aromatic rings. The number of carbonyl (C=O) groups is 1. The van der Waals surface area contributed by atoms with Crippen molar-refractivity contribution in [2.75, 3.05) is 13.1 Å². The van der Waals surface area contributed by atoms with E-state index < -0.39 is 0 Å². The molecule has 3 rings (SSSR count). The van der Waals surface area contributed by atoms with Gasteiger partial charge < -0.3 is 5.32 Å². The van der Waals surface area contributed by atoms with Gasteiger partial charge in [-0.3, -0.25) is 9.69 Å². The SMILES string of the molecule is CC1(C)CC(=O)NCCN1Cc1cnn(-c2ccccc2)n1. The molecule has 1 aliphatic heterocycles. The molecule has 1 aromatic carbocycles. The smallest absolute Gasteiger partial charge is 0.221 e. The van der Waals surface area contributed by atoms with Crippen molar-refractivity contribution >= 4 is 5.91 Å². The zero-order valence-electron chi connectivity index (χ0n) is 13.0. The van der Waals surface area contributed by atoms with E-state index in [0.29, 0.717) is 19.5 Å². The molecule has 6 nitrogen and oxygen atoms in total. The Balaban J connectivity index is 1.76. The molecule has 1 N–H and O–H groups in total. The van der Waals surface area contributed by atoms with Crippen LogP contribution < -0.4 is 5.32 Å². The normalized spacial score (nSPS) is 18.7. The van der Waals surface area contributed by atoms with Crippen molar-refractivity contribution in [2.24, 2.45) is 0 Å². The summed E-state index contributed by atoms with van der Waals surface area (Å²) in [5.41, 5.74) is 1.67. The molecule has 6 heteroatoms. The standard InChI is InChI=1S/C16H21N5O/c1-16(2)10-15(22)17-8-9-20(16)12-13-11-18-21(19-13)14-6-4-3-5-7-14/h3-7,11H,8-10,12H2,1-2H3,(H,17,22). The van der Waals surface area contributed by atoms with Gasteiger partial charge in [-0.25, -0.2) is 0 Å². The van der Waals surface area contributed by atoms with Crippen LogP contribution in [-0.2, 0) is 11.3 Å². The molecular formula is C16H21N5O. The Hall–Kier alpha value is -2.21. The van der Waals surface area contributed by atoms with Crippen molar-refractivity contribution in [1.82, 2.24) is 25.2 Å². The third kappa shape index (κ3) is 3.17. The van der Waals surface area contributed by atoms with E-state index in [9.17, 15) is 4.79 Å². The quantitative estimate of drug-likeness (QED) is 0.930. The molecule has 1 aromatic heterocycles. The van der Waals surface area contributed by atoms with Crippen LogP contribution in [0, 0.1) is 0 Å². The van der Waals surface area contributed by atoms with Crippen LogP contribution in [0.5, 0.6) is 0 Å². The van der Waals surface area contributed by atoms with Gasteiger partial charge >= 0.3 is 0 Å². The first-order chi connectivity index (χ1) is 10.5. The van der Waals surface area contributed by atoms with Gasteiger partial charge in [0.1, 0.15) is 0 Å². The Labute approximate surface area is 130 Å². The molecule has 0 spiro atoms. The van der Waals surface area contributed by atoms with Crippen molar-refractivity contribution < 1.29 is 4.79 Å². The average Bonchev–Trinajstić information content (AvgIpc) is 2.90.